The van der Waals surface area contributed by atoms with E-state index in [-0.39, 0.29) is 5.41 Å². The van der Waals surface area contributed by atoms with E-state index in [0.717, 1.165) is 32.1 Å². The van der Waals surface area contributed by atoms with Crippen molar-refractivity contribution in [3.63, 3.8) is 0 Å². The van der Waals surface area contributed by atoms with Gasteiger partial charge in [0, 0.05) is 27.6 Å². The number of allylic oxidation sites excluding steroid dienone is 1. The van der Waals surface area contributed by atoms with Gasteiger partial charge in [0.2, 0.25) is 0 Å². The molecule has 1 heterocycles. The normalized spacial score (nSPS) is 12.8. The van der Waals surface area contributed by atoms with Crippen LogP contribution in [0.25, 0.3) is 10.9 Å². The molecule has 0 aliphatic rings. The van der Waals surface area contributed by atoms with Crippen molar-refractivity contribution in [1.82, 2.24) is 4.98 Å². The highest BCUT2D eigenvalue weighted by Gasteiger charge is 2.21. The molecule has 0 fully saturated rings. The second-order valence-corrected chi connectivity index (χ2v) is 7.57. The number of aliphatic carboxylic acids is 1. The van der Waals surface area contributed by atoms with E-state index in [1.165, 1.54) is 22.2 Å². The van der Waals surface area contributed by atoms with Crippen molar-refractivity contribution in [2.45, 2.75) is 65.2 Å². The van der Waals surface area contributed by atoms with Gasteiger partial charge in [-0.2, -0.15) is 0 Å². The van der Waals surface area contributed by atoms with Gasteiger partial charge in [0.05, 0.1) is 0 Å². The molecule has 1 aromatic carbocycles. The summed E-state index contributed by atoms with van der Waals surface area (Å²) in [4.78, 5) is 14.4. The quantitative estimate of drug-likeness (QED) is 0.514. The number of hydrogen-bond donors (Lipinski definition) is 2. The lowest BCUT2D eigenvalue weighted by Gasteiger charge is -2.19. The van der Waals surface area contributed by atoms with E-state index in [9.17, 15) is 4.79 Å². The summed E-state index contributed by atoms with van der Waals surface area (Å²) in [5.41, 5.74) is 4.55. The third-order valence-corrected chi connectivity index (χ3v) is 4.48. The number of hydrogen-bond acceptors (Lipinski definition) is 1. The van der Waals surface area contributed by atoms with Crippen molar-refractivity contribution >= 4 is 16.9 Å². The monoisotopic (exact) mass is 327 g/mol. The Balaban J connectivity index is 2.00. The van der Waals surface area contributed by atoms with Gasteiger partial charge < -0.3 is 10.1 Å². The van der Waals surface area contributed by atoms with Crippen molar-refractivity contribution in [3.8, 4) is 0 Å². The molecule has 0 saturated heterocycles. The topological polar surface area (TPSA) is 53.1 Å². The Morgan fingerprint density at radius 1 is 1.17 bits per heavy atom. The van der Waals surface area contributed by atoms with E-state index < -0.39 is 5.97 Å². The van der Waals surface area contributed by atoms with Crippen LogP contribution in [0.2, 0.25) is 0 Å². The number of carboxylic acids is 1. The molecule has 2 N–H and O–H groups in total. The second kappa shape index (κ2) is 7.69. The maximum atomic E-state index is 10.8. The zero-order valence-electron chi connectivity index (χ0n) is 15.3. The number of benzene rings is 1. The first-order valence-electron chi connectivity index (χ1n) is 8.81. The third kappa shape index (κ3) is 4.50. The van der Waals surface area contributed by atoms with Gasteiger partial charge >= 0.3 is 5.97 Å². The van der Waals surface area contributed by atoms with Crippen molar-refractivity contribution in [2.24, 2.45) is 0 Å². The van der Waals surface area contributed by atoms with E-state index in [1.54, 1.807) is 6.92 Å². The molecular formula is C21H29NO2. The Kier molecular flexibility index (Phi) is 5.87. The Morgan fingerprint density at radius 3 is 2.54 bits per heavy atom. The van der Waals surface area contributed by atoms with Gasteiger partial charge in [-0.05, 0) is 44.2 Å². The average molecular weight is 327 g/mol. The first-order valence-corrected chi connectivity index (χ1v) is 8.81. The van der Waals surface area contributed by atoms with Gasteiger partial charge in [0.15, 0.2) is 0 Å². The largest absolute Gasteiger partial charge is 0.478 e. The van der Waals surface area contributed by atoms with Crippen molar-refractivity contribution in [3.05, 3.63) is 47.2 Å². The summed E-state index contributed by atoms with van der Waals surface area (Å²) in [5.74, 6) is -0.816. The number of fused-ring (bicyclic) bond motifs is 1. The van der Waals surface area contributed by atoms with Crippen LogP contribution in [0.4, 0.5) is 0 Å². The zero-order valence-corrected chi connectivity index (χ0v) is 15.3. The maximum Gasteiger partial charge on any atom is 0.330 e. The molecule has 24 heavy (non-hydrogen) atoms. The number of carbonyl (C=O) groups is 1. The number of rotatable bonds is 7. The lowest BCUT2D eigenvalue weighted by molar-refractivity contribution is -0.132. The Morgan fingerprint density at radius 2 is 1.88 bits per heavy atom. The highest BCUT2D eigenvalue weighted by atomic mass is 16.4. The zero-order chi connectivity index (χ0) is 17.7. The molecule has 0 spiro atoms. The second-order valence-electron chi connectivity index (χ2n) is 7.57. The first-order chi connectivity index (χ1) is 11.3. The Hall–Kier alpha value is -2.03. The highest BCUT2D eigenvalue weighted by molar-refractivity contribution is 5.86. The summed E-state index contributed by atoms with van der Waals surface area (Å²) in [7, 11) is 0. The molecule has 0 aliphatic heterocycles. The van der Waals surface area contributed by atoms with Gasteiger partial charge in [-0.1, -0.05) is 51.5 Å². The number of H-pyrrole nitrogens is 1. The Bertz CT molecular complexity index is 732. The molecule has 130 valence electrons. The van der Waals surface area contributed by atoms with E-state index in [1.807, 2.05) is 6.08 Å². The number of aromatic nitrogens is 1. The van der Waals surface area contributed by atoms with Gasteiger partial charge in [-0.3, -0.25) is 0 Å². The standard InChI is InChI=1S/C21H29NO2/c1-15(20(23)24)11-7-5-6-8-13-17-16-12-9-10-14-18(16)22-19(17)21(2,3)4/h9-12,14,22H,5-8,13H2,1-4H3,(H,23,24)/b15-11+. The molecule has 2 rings (SSSR count). The first kappa shape index (κ1) is 18.3. The van der Waals surface area contributed by atoms with Gasteiger partial charge in [-0.25, -0.2) is 4.79 Å². The number of carboxylic acid groups (broad SMARTS) is 1. The van der Waals surface area contributed by atoms with Crippen LogP contribution < -0.4 is 0 Å². The molecular weight excluding hydrogens is 298 g/mol. The van der Waals surface area contributed by atoms with Crippen LogP contribution in [0.3, 0.4) is 0 Å². The van der Waals surface area contributed by atoms with Crippen LogP contribution in [0.1, 0.15) is 64.6 Å². The fourth-order valence-electron chi connectivity index (χ4n) is 3.13. The van der Waals surface area contributed by atoms with Crippen molar-refractivity contribution in [1.29, 1.82) is 0 Å². The number of aromatic amines is 1. The molecule has 0 saturated carbocycles. The van der Waals surface area contributed by atoms with Crippen LogP contribution >= 0.6 is 0 Å². The minimum atomic E-state index is -0.816. The number of unbranched alkanes of at least 4 members (excludes halogenated alkanes) is 3. The van der Waals surface area contributed by atoms with Gasteiger partial charge in [0.25, 0.3) is 0 Å². The summed E-state index contributed by atoms with van der Waals surface area (Å²) in [6.45, 7) is 8.41. The fraction of sp³-hybridized carbons (Fsp3) is 0.476. The highest BCUT2D eigenvalue weighted by Crippen LogP contribution is 2.32. The van der Waals surface area contributed by atoms with E-state index >= 15 is 0 Å². The summed E-state index contributed by atoms with van der Waals surface area (Å²) >= 11 is 0. The molecule has 0 radical (unpaired) electrons. The molecule has 0 aliphatic carbocycles. The molecule has 0 unspecified atom stereocenters. The molecule has 0 bridgehead atoms. The van der Waals surface area contributed by atoms with Crippen molar-refractivity contribution in [2.75, 3.05) is 0 Å². The molecule has 3 heteroatoms. The lowest BCUT2D eigenvalue weighted by Crippen LogP contribution is -2.14. The number of aryl methyl sites for hydroxylation is 1. The van der Waals surface area contributed by atoms with Gasteiger partial charge in [-0.15, -0.1) is 0 Å². The SMILES string of the molecule is C/C(=C\CCCCCc1c(C(C)(C)C)[nH]c2ccccc12)C(=O)O. The average Bonchev–Trinajstić information content (AvgIpc) is 2.89. The van der Waals surface area contributed by atoms with Crippen LogP contribution in [0.5, 0.6) is 0 Å². The van der Waals surface area contributed by atoms with Crippen molar-refractivity contribution < 1.29 is 9.90 Å². The third-order valence-electron chi connectivity index (χ3n) is 4.48. The fourth-order valence-corrected chi connectivity index (χ4v) is 3.13. The number of nitrogens with one attached hydrogen (secondary N) is 1. The van der Waals surface area contributed by atoms with Crippen LogP contribution in [-0.4, -0.2) is 16.1 Å². The van der Waals surface area contributed by atoms with E-state index in [0.29, 0.717) is 5.57 Å². The van der Waals surface area contributed by atoms with E-state index in [2.05, 4.69) is 50.0 Å². The lowest BCUT2D eigenvalue weighted by atomic mass is 9.87. The summed E-state index contributed by atoms with van der Waals surface area (Å²) in [6.07, 6.45) is 7.03. The summed E-state index contributed by atoms with van der Waals surface area (Å²) < 4.78 is 0. The smallest absolute Gasteiger partial charge is 0.330 e. The predicted octanol–water partition coefficient (Wildman–Crippen LogP) is 5.60. The maximum absolute atomic E-state index is 10.8. The van der Waals surface area contributed by atoms with E-state index in [4.69, 9.17) is 5.11 Å². The van der Waals surface area contributed by atoms with Crippen LogP contribution in [0.15, 0.2) is 35.9 Å². The van der Waals surface area contributed by atoms with Crippen LogP contribution in [-0.2, 0) is 16.6 Å². The van der Waals surface area contributed by atoms with Crippen LogP contribution in [0, 0.1) is 0 Å². The molecule has 1 aromatic heterocycles. The molecule has 2 aromatic rings. The molecule has 0 amide bonds. The minimum Gasteiger partial charge on any atom is -0.478 e. The summed E-state index contributed by atoms with van der Waals surface area (Å²) in [6, 6.07) is 8.53. The Labute approximate surface area is 144 Å². The molecule has 0 atom stereocenters. The van der Waals surface area contributed by atoms with Gasteiger partial charge in [0.1, 0.15) is 0 Å². The summed E-state index contributed by atoms with van der Waals surface area (Å²) in [5, 5.41) is 10.2. The molecule has 3 nitrogen and oxygen atoms in total. The predicted molar refractivity (Wildman–Crippen MR) is 101 cm³/mol. The minimum absolute atomic E-state index is 0.107. The number of para-hydroxylation sites is 1.